The molecule has 0 atom stereocenters. The average molecular weight is 318 g/mol. The molecule has 0 saturated carbocycles. The number of alkyl halides is 3. The molecule has 0 aliphatic heterocycles. The fraction of sp³-hybridized carbons (Fsp3) is 0.417. The van der Waals surface area contributed by atoms with Crippen LogP contribution in [0, 0.1) is 0 Å². The minimum Gasteiger partial charge on any atom is -0.491 e. The fourth-order valence-corrected chi connectivity index (χ4v) is 2.40. The highest BCUT2D eigenvalue weighted by atomic mass is 32.1. The van der Waals surface area contributed by atoms with Crippen molar-refractivity contribution in [2.75, 3.05) is 19.0 Å². The van der Waals surface area contributed by atoms with Crippen LogP contribution in [0.25, 0.3) is 10.6 Å². The van der Waals surface area contributed by atoms with Crippen LogP contribution >= 0.6 is 11.3 Å². The van der Waals surface area contributed by atoms with Crippen molar-refractivity contribution in [3.05, 3.63) is 17.5 Å². The zero-order valence-electron chi connectivity index (χ0n) is 11.4. The molecule has 0 amide bonds. The van der Waals surface area contributed by atoms with Gasteiger partial charge in [-0.1, -0.05) is 6.92 Å². The number of aromatic nitrogens is 3. The Labute approximate surface area is 123 Å². The standard InChI is InChI=1S/C12H13F3N4OS/c1-3-4-16-10-9(20-2)8(18-6-19-10)7-5-17-11(21-7)12(13,14)15/h5-6H,3-4H2,1-2H3,(H,16,18,19). The van der Waals surface area contributed by atoms with Gasteiger partial charge in [0.2, 0.25) is 0 Å². The van der Waals surface area contributed by atoms with Crippen molar-refractivity contribution in [3.8, 4) is 16.3 Å². The van der Waals surface area contributed by atoms with E-state index in [-0.39, 0.29) is 4.88 Å². The molecule has 2 aromatic heterocycles. The second-order valence-corrected chi connectivity index (χ2v) is 5.09. The summed E-state index contributed by atoms with van der Waals surface area (Å²) in [5.74, 6) is 0.759. The van der Waals surface area contributed by atoms with Crippen LogP contribution in [0.1, 0.15) is 18.4 Å². The van der Waals surface area contributed by atoms with E-state index in [4.69, 9.17) is 4.74 Å². The number of ether oxygens (including phenoxy) is 1. The molecule has 0 aliphatic carbocycles. The Morgan fingerprint density at radius 1 is 1.29 bits per heavy atom. The summed E-state index contributed by atoms with van der Waals surface area (Å²) in [5.41, 5.74) is 0.291. The van der Waals surface area contributed by atoms with Crippen LogP contribution in [0.5, 0.6) is 5.75 Å². The lowest BCUT2D eigenvalue weighted by molar-refractivity contribution is -0.137. The van der Waals surface area contributed by atoms with Crippen molar-refractivity contribution >= 4 is 17.2 Å². The van der Waals surface area contributed by atoms with E-state index in [1.165, 1.54) is 13.4 Å². The summed E-state index contributed by atoms with van der Waals surface area (Å²) < 4.78 is 43.1. The molecule has 0 spiro atoms. The summed E-state index contributed by atoms with van der Waals surface area (Å²) in [6.07, 6.45) is -1.17. The lowest BCUT2D eigenvalue weighted by Gasteiger charge is -2.11. The molecule has 0 fully saturated rings. The van der Waals surface area contributed by atoms with Crippen molar-refractivity contribution < 1.29 is 17.9 Å². The van der Waals surface area contributed by atoms with Crippen LogP contribution in [-0.4, -0.2) is 28.6 Å². The molecule has 5 nitrogen and oxygen atoms in total. The third kappa shape index (κ3) is 3.41. The predicted molar refractivity (Wildman–Crippen MR) is 73.5 cm³/mol. The Balaban J connectivity index is 2.41. The summed E-state index contributed by atoms with van der Waals surface area (Å²) in [6.45, 7) is 2.66. The molecule has 0 aliphatic rings. The number of thiazole rings is 1. The zero-order valence-corrected chi connectivity index (χ0v) is 12.2. The number of hydrogen-bond donors (Lipinski definition) is 1. The van der Waals surface area contributed by atoms with Crippen LogP contribution in [0.3, 0.4) is 0 Å². The molecule has 0 unspecified atom stereocenters. The van der Waals surface area contributed by atoms with Crippen molar-refractivity contribution in [3.63, 3.8) is 0 Å². The third-order valence-corrected chi connectivity index (χ3v) is 3.58. The second-order valence-electron chi connectivity index (χ2n) is 4.06. The van der Waals surface area contributed by atoms with Crippen molar-refractivity contribution in [2.45, 2.75) is 19.5 Å². The maximum absolute atomic E-state index is 12.6. The molecule has 2 aromatic rings. The Bertz CT molecular complexity index is 615. The molecule has 9 heteroatoms. The number of hydrogen-bond acceptors (Lipinski definition) is 6. The Morgan fingerprint density at radius 3 is 2.62 bits per heavy atom. The minimum absolute atomic E-state index is 0.279. The smallest absolute Gasteiger partial charge is 0.443 e. The predicted octanol–water partition coefficient (Wildman–Crippen LogP) is 3.45. The van der Waals surface area contributed by atoms with Crippen LogP contribution in [0.2, 0.25) is 0 Å². The van der Waals surface area contributed by atoms with E-state index in [1.807, 2.05) is 6.92 Å². The van der Waals surface area contributed by atoms with Gasteiger partial charge in [0.25, 0.3) is 0 Å². The van der Waals surface area contributed by atoms with Gasteiger partial charge in [-0.25, -0.2) is 15.0 Å². The maximum atomic E-state index is 12.6. The summed E-state index contributed by atoms with van der Waals surface area (Å²) in [7, 11) is 1.42. The highest BCUT2D eigenvalue weighted by molar-refractivity contribution is 7.15. The highest BCUT2D eigenvalue weighted by Gasteiger charge is 2.35. The van der Waals surface area contributed by atoms with Gasteiger partial charge in [-0.3, -0.25) is 0 Å². The Kier molecular flexibility index (Phi) is 4.61. The fourth-order valence-electron chi connectivity index (χ4n) is 1.63. The van der Waals surface area contributed by atoms with E-state index in [2.05, 4.69) is 20.3 Å². The number of nitrogens with one attached hydrogen (secondary N) is 1. The maximum Gasteiger partial charge on any atom is 0.443 e. The van der Waals surface area contributed by atoms with Crippen LogP contribution in [-0.2, 0) is 6.18 Å². The van der Waals surface area contributed by atoms with Gasteiger partial charge in [0.15, 0.2) is 16.6 Å². The molecule has 1 N–H and O–H groups in total. The van der Waals surface area contributed by atoms with Gasteiger partial charge in [0, 0.05) is 12.7 Å². The SMILES string of the molecule is CCCNc1ncnc(-c2cnc(C(F)(F)F)s2)c1OC. The van der Waals surface area contributed by atoms with Crippen LogP contribution < -0.4 is 10.1 Å². The van der Waals surface area contributed by atoms with Crippen molar-refractivity contribution in [2.24, 2.45) is 0 Å². The minimum atomic E-state index is -4.47. The lowest BCUT2D eigenvalue weighted by Crippen LogP contribution is -2.05. The molecule has 0 radical (unpaired) electrons. The van der Waals surface area contributed by atoms with E-state index in [1.54, 1.807) is 0 Å². The quantitative estimate of drug-likeness (QED) is 0.915. The number of halogens is 3. The molecular formula is C12H13F3N4OS. The lowest BCUT2D eigenvalue weighted by atomic mass is 10.3. The van der Waals surface area contributed by atoms with E-state index < -0.39 is 11.2 Å². The Hall–Kier alpha value is -1.90. The van der Waals surface area contributed by atoms with E-state index in [0.717, 1.165) is 12.6 Å². The summed E-state index contributed by atoms with van der Waals surface area (Å²) in [6, 6.07) is 0. The third-order valence-electron chi connectivity index (χ3n) is 2.53. The number of nitrogens with zero attached hydrogens (tertiary/aromatic N) is 3. The van der Waals surface area contributed by atoms with Gasteiger partial charge in [0.05, 0.1) is 12.0 Å². The average Bonchev–Trinajstić information content (AvgIpc) is 2.94. The van der Waals surface area contributed by atoms with Crippen molar-refractivity contribution in [1.29, 1.82) is 0 Å². The van der Waals surface area contributed by atoms with E-state index in [9.17, 15) is 13.2 Å². The first kappa shape index (κ1) is 15.5. The van der Waals surface area contributed by atoms with Crippen LogP contribution in [0.15, 0.2) is 12.5 Å². The van der Waals surface area contributed by atoms with Gasteiger partial charge in [-0.15, -0.1) is 11.3 Å². The topological polar surface area (TPSA) is 59.9 Å². The Morgan fingerprint density at radius 2 is 2.05 bits per heavy atom. The van der Waals surface area contributed by atoms with Gasteiger partial charge in [0.1, 0.15) is 12.0 Å². The van der Waals surface area contributed by atoms with Gasteiger partial charge >= 0.3 is 6.18 Å². The summed E-state index contributed by atoms with van der Waals surface area (Å²) in [4.78, 5) is 11.7. The van der Waals surface area contributed by atoms with Crippen molar-refractivity contribution in [1.82, 2.24) is 15.0 Å². The molecule has 21 heavy (non-hydrogen) atoms. The first-order valence-electron chi connectivity index (χ1n) is 6.13. The molecule has 114 valence electrons. The zero-order chi connectivity index (χ0) is 15.5. The van der Waals surface area contributed by atoms with Gasteiger partial charge in [-0.05, 0) is 6.42 Å². The largest absolute Gasteiger partial charge is 0.491 e. The molecule has 2 heterocycles. The van der Waals surface area contributed by atoms with Gasteiger partial charge in [-0.2, -0.15) is 13.2 Å². The summed E-state index contributed by atoms with van der Waals surface area (Å²) in [5, 5.41) is 2.13. The molecule has 2 rings (SSSR count). The van der Waals surface area contributed by atoms with Gasteiger partial charge < -0.3 is 10.1 Å². The number of methoxy groups -OCH3 is 1. The summed E-state index contributed by atoms with van der Waals surface area (Å²) >= 11 is 0.521. The number of anilines is 1. The van der Waals surface area contributed by atoms with Crippen LogP contribution in [0.4, 0.5) is 19.0 Å². The number of rotatable bonds is 5. The monoisotopic (exact) mass is 318 g/mol. The molecule has 0 saturated heterocycles. The first-order valence-corrected chi connectivity index (χ1v) is 6.95. The van der Waals surface area contributed by atoms with E-state index >= 15 is 0 Å². The molecular weight excluding hydrogens is 305 g/mol. The van der Waals surface area contributed by atoms with E-state index in [0.29, 0.717) is 35.1 Å². The normalized spacial score (nSPS) is 11.5. The molecule has 0 bridgehead atoms. The highest BCUT2D eigenvalue weighted by Crippen LogP contribution is 2.40. The second kappa shape index (κ2) is 6.25. The first-order chi connectivity index (χ1) is 9.97. The molecule has 0 aromatic carbocycles.